The Morgan fingerprint density at radius 3 is 2.72 bits per heavy atom. The van der Waals surface area contributed by atoms with Crippen molar-refractivity contribution in [2.75, 3.05) is 33.0 Å². The number of hydrogen-bond acceptors (Lipinski definition) is 6. The van der Waals surface area contributed by atoms with Crippen LogP contribution in [0.3, 0.4) is 0 Å². The van der Waals surface area contributed by atoms with Crippen LogP contribution >= 0.6 is 15.9 Å². The molecule has 0 aliphatic carbocycles. The molecule has 1 fully saturated rings. The first-order chi connectivity index (χ1) is 15.6. The number of carbonyl (C=O) groups is 1. The Hall–Kier alpha value is -2.84. The minimum absolute atomic E-state index is 0.148. The Bertz CT molecular complexity index is 1110. The van der Waals surface area contributed by atoms with Crippen LogP contribution in [0.25, 0.3) is 11.3 Å². The number of aromatic nitrogens is 1. The van der Waals surface area contributed by atoms with E-state index in [-0.39, 0.29) is 5.91 Å². The van der Waals surface area contributed by atoms with Gasteiger partial charge in [-0.15, -0.1) is 0 Å². The topological polar surface area (TPSA) is 68.0 Å². The maximum Gasteiger partial charge on any atom is 0.231 e. The third kappa shape index (κ3) is 4.81. The second-order valence-corrected chi connectivity index (χ2v) is 8.89. The maximum atomic E-state index is 12.7. The van der Waals surface area contributed by atoms with Crippen molar-refractivity contribution in [1.29, 1.82) is 0 Å². The van der Waals surface area contributed by atoms with Gasteiger partial charge < -0.3 is 18.8 Å². The molecule has 2 aromatic carbocycles. The van der Waals surface area contributed by atoms with Gasteiger partial charge in [-0.05, 0) is 29.8 Å². The van der Waals surface area contributed by atoms with E-state index in [1.165, 1.54) is 5.56 Å². The number of nitrogens with zero attached hydrogens (tertiary/aromatic N) is 3. The van der Waals surface area contributed by atoms with Crippen molar-refractivity contribution in [3.05, 3.63) is 64.6 Å². The summed E-state index contributed by atoms with van der Waals surface area (Å²) in [5, 5.41) is 0. The van der Waals surface area contributed by atoms with Gasteiger partial charge in [0.1, 0.15) is 0 Å². The molecule has 2 aliphatic rings. The molecule has 0 unspecified atom stereocenters. The number of carbonyl (C=O) groups excluding carboxylic acids is 1. The number of halogens is 1. The molecule has 8 heteroatoms. The third-order valence-corrected chi connectivity index (χ3v) is 6.28. The van der Waals surface area contributed by atoms with Gasteiger partial charge in [0, 0.05) is 55.6 Å². The van der Waals surface area contributed by atoms with Crippen LogP contribution in [0.4, 0.5) is 0 Å². The summed E-state index contributed by atoms with van der Waals surface area (Å²) in [5.41, 5.74) is 2.15. The molecule has 0 spiro atoms. The number of piperazine rings is 1. The maximum absolute atomic E-state index is 12.7. The van der Waals surface area contributed by atoms with E-state index in [1.54, 1.807) is 6.20 Å². The first-order valence-electron chi connectivity index (χ1n) is 10.7. The molecule has 7 nitrogen and oxygen atoms in total. The molecule has 166 valence electrons. The molecule has 3 heterocycles. The predicted octanol–water partition coefficient (Wildman–Crippen LogP) is 4.11. The SMILES string of the molecule is O=C(CCc1ncc(-c2cccc(Br)c2)o1)N1CCN(Cc2ccc3c(c2)OCO3)CC1. The van der Waals surface area contributed by atoms with Gasteiger partial charge in [-0.2, -0.15) is 0 Å². The summed E-state index contributed by atoms with van der Waals surface area (Å²) in [6.45, 7) is 4.31. The van der Waals surface area contributed by atoms with Gasteiger partial charge >= 0.3 is 0 Å². The highest BCUT2D eigenvalue weighted by Gasteiger charge is 2.22. The number of benzene rings is 2. The van der Waals surface area contributed by atoms with Crippen molar-refractivity contribution >= 4 is 21.8 Å². The van der Waals surface area contributed by atoms with E-state index in [2.05, 4.69) is 31.9 Å². The number of rotatable bonds is 6. The Balaban J connectivity index is 1.09. The molecule has 0 radical (unpaired) electrons. The molecule has 0 N–H and O–H groups in total. The Kier molecular flexibility index (Phi) is 6.14. The number of amides is 1. The van der Waals surface area contributed by atoms with E-state index in [0.29, 0.717) is 31.3 Å². The number of oxazole rings is 1. The molecule has 3 aromatic rings. The first-order valence-corrected chi connectivity index (χ1v) is 11.5. The molecule has 1 amide bonds. The fraction of sp³-hybridized carbons (Fsp3) is 0.333. The largest absolute Gasteiger partial charge is 0.454 e. The second kappa shape index (κ2) is 9.34. The van der Waals surface area contributed by atoms with E-state index >= 15 is 0 Å². The van der Waals surface area contributed by atoms with Gasteiger partial charge in [0.05, 0.1) is 6.20 Å². The van der Waals surface area contributed by atoms with Crippen LogP contribution < -0.4 is 9.47 Å². The lowest BCUT2D eigenvalue weighted by atomic mass is 10.1. The molecule has 1 saturated heterocycles. The Morgan fingerprint density at radius 1 is 1.03 bits per heavy atom. The van der Waals surface area contributed by atoms with Crippen molar-refractivity contribution in [2.24, 2.45) is 0 Å². The summed E-state index contributed by atoms with van der Waals surface area (Å²) in [7, 11) is 0. The first kappa shape index (κ1) is 21.0. The Morgan fingerprint density at radius 2 is 1.88 bits per heavy atom. The highest BCUT2D eigenvalue weighted by atomic mass is 79.9. The standard InChI is InChI=1S/C24H24BrN3O4/c25-19-3-1-2-18(13-19)22-14-26-23(32-22)6-7-24(29)28-10-8-27(9-11-28)15-17-4-5-20-21(12-17)31-16-30-20/h1-5,12-14H,6-11,15-16H2. The summed E-state index contributed by atoms with van der Waals surface area (Å²) in [6.07, 6.45) is 2.63. The molecular formula is C24H24BrN3O4. The number of aryl methyl sites for hydroxylation is 1. The smallest absolute Gasteiger partial charge is 0.231 e. The fourth-order valence-corrected chi connectivity index (χ4v) is 4.43. The zero-order valence-electron chi connectivity index (χ0n) is 17.6. The molecular weight excluding hydrogens is 474 g/mol. The van der Waals surface area contributed by atoms with Crippen LogP contribution in [0, 0.1) is 0 Å². The summed E-state index contributed by atoms with van der Waals surface area (Å²) in [5.74, 6) is 3.07. The van der Waals surface area contributed by atoms with Gasteiger partial charge in [-0.1, -0.05) is 34.1 Å². The van der Waals surface area contributed by atoms with Gasteiger partial charge in [0.2, 0.25) is 12.7 Å². The van der Waals surface area contributed by atoms with Crippen LogP contribution in [-0.4, -0.2) is 53.7 Å². The highest BCUT2D eigenvalue weighted by Crippen LogP contribution is 2.33. The van der Waals surface area contributed by atoms with Crippen molar-refractivity contribution in [3.63, 3.8) is 0 Å². The average molecular weight is 498 g/mol. The van der Waals surface area contributed by atoms with Crippen molar-refractivity contribution in [3.8, 4) is 22.8 Å². The highest BCUT2D eigenvalue weighted by molar-refractivity contribution is 9.10. The van der Waals surface area contributed by atoms with Gasteiger partial charge in [0.25, 0.3) is 0 Å². The molecule has 0 saturated carbocycles. The van der Waals surface area contributed by atoms with Crippen LogP contribution in [0.5, 0.6) is 11.5 Å². The lowest BCUT2D eigenvalue weighted by Gasteiger charge is -2.34. The minimum Gasteiger partial charge on any atom is -0.454 e. The fourth-order valence-electron chi connectivity index (χ4n) is 4.03. The van der Waals surface area contributed by atoms with Crippen LogP contribution in [-0.2, 0) is 17.8 Å². The molecule has 2 aliphatic heterocycles. The monoisotopic (exact) mass is 497 g/mol. The quantitative estimate of drug-likeness (QED) is 0.510. The molecule has 1 aromatic heterocycles. The molecule has 32 heavy (non-hydrogen) atoms. The van der Waals surface area contributed by atoms with Crippen LogP contribution in [0.15, 0.2) is 57.6 Å². The normalized spacial score (nSPS) is 15.8. The lowest BCUT2D eigenvalue weighted by Crippen LogP contribution is -2.48. The van der Waals surface area contributed by atoms with E-state index in [1.807, 2.05) is 41.3 Å². The number of hydrogen-bond donors (Lipinski definition) is 0. The number of ether oxygens (including phenoxy) is 2. The zero-order valence-corrected chi connectivity index (χ0v) is 19.2. The second-order valence-electron chi connectivity index (χ2n) is 7.97. The van der Waals surface area contributed by atoms with Crippen molar-refractivity contribution in [1.82, 2.24) is 14.8 Å². The average Bonchev–Trinajstić information content (AvgIpc) is 3.47. The molecule has 0 atom stereocenters. The summed E-state index contributed by atoms with van der Waals surface area (Å²) >= 11 is 3.47. The zero-order chi connectivity index (χ0) is 21.9. The summed E-state index contributed by atoms with van der Waals surface area (Å²) < 4.78 is 17.7. The van der Waals surface area contributed by atoms with E-state index in [9.17, 15) is 4.79 Å². The summed E-state index contributed by atoms with van der Waals surface area (Å²) in [6, 6.07) is 14.0. The molecule has 0 bridgehead atoms. The Labute approximate surface area is 195 Å². The number of fused-ring (bicyclic) bond motifs is 1. The lowest BCUT2D eigenvalue weighted by molar-refractivity contribution is -0.133. The summed E-state index contributed by atoms with van der Waals surface area (Å²) in [4.78, 5) is 21.3. The van der Waals surface area contributed by atoms with E-state index < -0.39 is 0 Å². The van der Waals surface area contributed by atoms with Gasteiger partial charge in [-0.25, -0.2) is 4.98 Å². The molecule has 5 rings (SSSR count). The predicted molar refractivity (Wildman–Crippen MR) is 122 cm³/mol. The van der Waals surface area contributed by atoms with Crippen molar-refractivity contribution in [2.45, 2.75) is 19.4 Å². The van der Waals surface area contributed by atoms with E-state index in [0.717, 1.165) is 54.3 Å². The van der Waals surface area contributed by atoms with Crippen LogP contribution in [0.2, 0.25) is 0 Å². The van der Waals surface area contributed by atoms with Crippen LogP contribution in [0.1, 0.15) is 17.9 Å². The van der Waals surface area contributed by atoms with Crippen molar-refractivity contribution < 1.29 is 18.7 Å². The van der Waals surface area contributed by atoms with E-state index in [4.69, 9.17) is 13.9 Å². The third-order valence-electron chi connectivity index (χ3n) is 5.78. The van der Waals surface area contributed by atoms with Gasteiger partial charge in [-0.3, -0.25) is 9.69 Å². The minimum atomic E-state index is 0.148. The van der Waals surface area contributed by atoms with Gasteiger partial charge in [0.15, 0.2) is 23.1 Å².